The molecule has 0 unspecified atom stereocenters. The summed E-state index contributed by atoms with van der Waals surface area (Å²) >= 11 is 0. The molecule has 0 bridgehead atoms. The molecule has 1 aromatic heterocycles. The minimum Gasteiger partial charge on any atom is -0.486 e. The molecule has 4 rings (SSSR count). The van der Waals surface area contributed by atoms with Gasteiger partial charge in [-0.3, -0.25) is 0 Å². The van der Waals surface area contributed by atoms with Gasteiger partial charge in [-0.2, -0.15) is 0 Å². The first-order valence-corrected chi connectivity index (χ1v) is 8.98. The molecule has 6 heteroatoms. The van der Waals surface area contributed by atoms with Gasteiger partial charge in [0.15, 0.2) is 11.5 Å². The number of aryl methyl sites for hydroxylation is 1. The molecule has 0 saturated carbocycles. The fourth-order valence-corrected chi connectivity index (χ4v) is 3.62. The van der Waals surface area contributed by atoms with Crippen molar-refractivity contribution in [3.63, 3.8) is 0 Å². The van der Waals surface area contributed by atoms with Crippen LogP contribution in [-0.2, 0) is 18.3 Å². The van der Waals surface area contributed by atoms with Gasteiger partial charge in [-0.25, -0.2) is 4.98 Å². The lowest BCUT2D eigenvalue weighted by Crippen LogP contribution is -2.33. The van der Waals surface area contributed by atoms with Gasteiger partial charge in [0.05, 0.1) is 6.04 Å². The summed E-state index contributed by atoms with van der Waals surface area (Å²) in [6.45, 7) is 3.66. The highest BCUT2D eigenvalue weighted by Gasteiger charge is 2.28. The monoisotopic (exact) mass is 343 g/mol. The number of imidazole rings is 1. The summed E-state index contributed by atoms with van der Waals surface area (Å²) in [5.41, 5.74) is 1.19. The van der Waals surface area contributed by atoms with Crippen molar-refractivity contribution in [2.24, 2.45) is 13.0 Å². The first-order chi connectivity index (χ1) is 12.3. The van der Waals surface area contributed by atoms with Crippen LogP contribution in [0.3, 0.4) is 0 Å². The topological polar surface area (TPSA) is 57.5 Å². The van der Waals surface area contributed by atoms with Crippen LogP contribution in [-0.4, -0.2) is 36.0 Å². The third-order valence-electron chi connectivity index (χ3n) is 5.01. The number of hydrogen-bond acceptors (Lipinski definition) is 5. The summed E-state index contributed by atoms with van der Waals surface area (Å²) in [6.07, 6.45) is 6.00. The highest BCUT2D eigenvalue weighted by atomic mass is 16.6. The lowest BCUT2D eigenvalue weighted by Gasteiger charge is -2.31. The van der Waals surface area contributed by atoms with Crippen molar-refractivity contribution in [2.75, 3.05) is 26.4 Å². The SMILES string of the molecule is Cn1ccnc1[C@H](NCc1ccc2c(c1)OCCO2)C1CCOCC1. The fourth-order valence-electron chi connectivity index (χ4n) is 3.62. The first kappa shape index (κ1) is 16.4. The number of benzene rings is 1. The molecule has 0 aliphatic carbocycles. The minimum atomic E-state index is 0.220. The molecule has 25 heavy (non-hydrogen) atoms. The molecule has 1 atom stereocenters. The predicted octanol–water partition coefficient (Wildman–Crippen LogP) is 2.45. The summed E-state index contributed by atoms with van der Waals surface area (Å²) in [7, 11) is 2.06. The van der Waals surface area contributed by atoms with Gasteiger partial charge in [-0.1, -0.05) is 6.07 Å². The Hall–Kier alpha value is -2.05. The molecule has 2 aliphatic heterocycles. The van der Waals surface area contributed by atoms with Crippen LogP contribution < -0.4 is 14.8 Å². The van der Waals surface area contributed by atoms with Gasteiger partial charge in [0.2, 0.25) is 0 Å². The number of ether oxygens (including phenoxy) is 3. The van der Waals surface area contributed by atoms with E-state index in [1.807, 2.05) is 18.5 Å². The molecule has 0 amide bonds. The Bertz CT molecular complexity index is 710. The maximum absolute atomic E-state index is 5.69. The van der Waals surface area contributed by atoms with Crippen LogP contribution >= 0.6 is 0 Å². The van der Waals surface area contributed by atoms with Gasteiger partial charge < -0.3 is 24.1 Å². The molecular formula is C19H25N3O3. The molecule has 0 radical (unpaired) electrons. The maximum atomic E-state index is 5.69. The van der Waals surface area contributed by atoms with Crippen molar-refractivity contribution in [1.82, 2.24) is 14.9 Å². The average Bonchev–Trinajstić information content (AvgIpc) is 3.08. The van der Waals surface area contributed by atoms with E-state index in [9.17, 15) is 0 Å². The zero-order valence-corrected chi connectivity index (χ0v) is 14.6. The van der Waals surface area contributed by atoms with Crippen LogP contribution in [0.1, 0.15) is 30.3 Å². The van der Waals surface area contributed by atoms with E-state index in [0.29, 0.717) is 19.1 Å². The molecule has 1 N–H and O–H groups in total. The van der Waals surface area contributed by atoms with Gasteiger partial charge in [0.25, 0.3) is 0 Å². The summed E-state index contributed by atoms with van der Waals surface area (Å²) in [4.78, 5) is 4.59. The Morgan fingerprint density at radius 2 is 1.96 bits per heavy atom. The van der Waals surface area contributed by atoms with Crippen LogP contribution in [0.2, 0.25) is 0 Å². The van der Waals surface area contributed by atoms with E-state index in [4.69, 9.17) is 14.2 Å². The molecular weight excluding hydrogens is 318 g/mol. The molecule has 3 heterocycles. The zero-order valence-electron chi connectivity index (χ0n) is 14.6. The Balaban J connectivity index is 1.49. The van der Waals surface area contributed by atoms with Crippen molar-refractivity contribution >= 4 is 0 Å². The van der Waals surface area contributed by atoms with E-state index in [1.165, 1.54) is 5.56 Å². The summed E-state index contributed by atoms with van der Waals surface area (Å²) in [5.74, 6) is 3.29. The number of rotatable bonds is 5. The highest BCUT2D eigenvalue weighted by Crippen LogP contribution is 2.32. The van der Waals surface area contributed by atoms with Gasteiger partial charge in [0.1, 0.15) is 19.0 Å². The Morgan fingerprint density at radius 1 is 1.16 bits per heavy atom. The van der Waals surface area contributed by atoms with Crippen molar-refractivity contribution < 1.29 is 14.2 Å². The summed E-state index contributed by atoms with van der Waals surface area (Å²) in [5, 5.41) is 3.72. The molecule has 2 aliphatic rings. The molecule has 1 fully saturated rings. The predicted molar refractivity (Wildman–Crippen MR) is 93.8 cm³/mol. The Kier molecular flexibility index (Phi) is 4.90. The quantitative estimate of drug-likeness (QED) is 0.904. The lowest BCUT2D eigenvalue weighted by atomic mass is 9.91. The second-order valence-electron chi connectivity index (χ2n) is 6.68. The largest absolute Gasteiger partial charge is 0.486 e. The van der Waals surface area contributed by atoms with E-state index in [-0.39, 0.29) is 6.04 Å². The van der Waals surface area contributed by atoms with E-state index in [1.54, 1.807) is 0 Å². The molecule has 6 nitrogen and oxygen atoms in total. The van der Waals surface area contributed by atoms with Gasteiger partial charge in [-0.15, -0.1) is 0 Å². The number of fused-ring (bicyclic) bond motifs is 1. The second kappa shape index (κ2) is 7.45. The Labute approximate surface area is 148 Å². The zero-order chi connectivity index (χ0) is 17.1. The molecule has 2 aromatic rings. The van der Waals surface area contributed by atoms with E-state index in [0.717, 1.165) is 49.9 Å². The Morgan fingerprint density at radius 3 is 2.72 bits per heavy atom. The van der Waals surface area contributed by atoms with Crippen molar-refractivity contribution in [3.8, 4) is 11.5 Å². The number of hydrogen-bond donors (Lipinski definition) is 1. The van der Waals surface area contributed by atoms with E-state index >= 15 is 0 Å². The maximum Gasteiger partial charge on any atom is 0.161 e. The third kappa shape index (κ3) is 3.65. The lowest BCUT2D eigenvalue weighted by molar-refractivity contribution is 0.0518. The van der Waals surface area contributed by atoms with Gasteiger partial charge in [-0.05, 0) is 36.5 Å². The first-order valence-electron chi connectivity index (χ1n) is 8.98. The smallest absolute Gasteiger partial charge is 0.161 e. The minimum absolute atomic E-state index is 0.220. The van der Waals surface area contributed by atoms with Crippen molar-refractivity contribution in [2.45, 2.75) is 25.4 Å². The standard InChI is InChI=1S/C19H25N3O3/c1-22-7-6-20-19(22)18(15-4-8-23-9-5-15)21-13-14-2-3-16-17(12-14)25-11-10-24-16/h2-3,6-7,12,15,18,21H,4-5,8-11,13H2,1H3/t18-/m1/s1. The van der Waals surface area contributed by atoms with Crippen LogP contribution in [0.15, 0.2) is 30.6 Å². The number of nitrogens with zero attached hydrogens (tertiary/aromatic N) is 2. The van der Waals surface area contributed by atoms with E-state index in [2.05, 4.69) is 34.0 Å². The summed E-state index contributed by atoms with van der Waals surface area (Å²) < 4.78 is 18.9. The second-order valence-corrected chi connectivity index (χ2v) is 6.68. The van der Waals surface area contributed by atoms with Crippen LogP contribution in [0.25, 0.3) is 0 Å². The van der Waals surface area contributed by atoms with Crippen LogP contribution in [0, 0.1) is 5.92 Å². The number of nitrogens with one attached hydrogen (secondary N) is 1. The molecule has 0 spiro atoms. The average molecular weight is 343 g/mol. The van der Waals surface area contributed by atoms with Crippen molar-refractivity contribution in [3.05, 3.63) is 42.0 Å². The van der Waals surface area contributed by atoms with E-state index < -0.39 is 0 Å². The van der Waals surface area contributed by atoms with Crippen LogP contribution in [0.5, 0.6) is 11.5 Å². The van der Waals surface area contributed by atoms with Gasteiger partial charge >= 0.3 is 0 Å². The van der Waals surface area contributed by atoms with Crippen LogP contribution in [0.4, 0.5) is 0 Å². The van der Waals surface area contributed by atoms with Gasteiger partial charge in [0, 0.05) is 39.2 Å². The van der Waals surface area contributed by atoms with Crippen molar-refractivity contribution in [1.29, 1.82) is 0 Å². The number of aromatic nitrogens is 2. The summed E-state index contributed by atoms with van der Waals surface area (Å²) in [6, 6.07) is 6.38. The molecule has 1 aromatic carbocycles. The molecule has 134 valence electrons. The normalized spacial score (nSPS) is 18.9. The molecule has 1 saturated heterocycles. The third-order valence-corrected chi connectivity index (χ3v) is 5.01. The fraction of sp³-hybridized carbons (Fsp3) is 0.526. The highest BCUT2D eigenvalue weighted by molar-refractivity contribution is 5.43.